The molecule has 2 rings (SSSR count). The molecule has 18 heavy (non-hydrogen) atoms. The molecule has 1 aromatic rings. The van der Waals surface area contributed by atoms with Gasteiger partial charge in [-0.05, 0) is 25.0 Å². The number of rotatable bonds is 3. The van der Waals surface area contributed by atoms with E-state index >= 15 is 0 Å². The first-order valence-corrected chi connectivity index (χ1v) is 5.73. The second kappa shape index (κ2) is 5.02. The summed E-state index contributed by atoms with van der Waals surface area (Å²) in [5.74, 6) is 0. The molecule has 0 spiro atoms. The van der Waals surface area contributed by atoms with Crippen LogP contribution in [0.1, 0.15) is 18.4 Å². The van der Waals surface area contributed by atoms with Gasteiger partial charge in [0, 0.05) is 12.6 Å². The average Bonchev–Trinajstić information content (AvgIpc) is 2.85. The third kappa shape index (κ3) is 2.13. The topological polar surface area (TPSA) is 90.4 Å². The van der Waals surface area contributed by atoms with Crippen molar-refractivity contribution in [3.8, 4) is 6.07 Å². The van der Waals surface area contributed by atoms with Crippen LogP contribution >= 0.6 is 0 Å². The van der Waals surface area contributed by atoms with Gasteiger partial charge in [-0.3, -0.25) is 10.1 Å². The van der Waals surface area contributed by atoms with Crippen LogP contribution in [-0.4, -0.2) is 29.2 Å². The van der Waals surface area contributed by atoms with Crippen molar-refractivity contribution in [2.45, 2.75) is 18.9 Å². The van der Waals surface area contributed by atoms with E-state index in [1.807, 2.05) is 11.0 Å². The summed E-state index contributed by atoms with van der Waals surface area (Å²) in [7, 11) is 0. The van der Waals surface area contributed by atoms with Crippen LogP contribution in [0.25, 0.3) is 0 Å². The molecule has 1 aliphatic heterocycles. The van der Waals surface area contributed by atoms with Crippen molar-refractivity contribution in [2.24, 2.45) is 0 Å². The molecule has 0 radical (unpaired) electrons. The van der Waals surface area contributed by atoms with Crippen LogP contribution in [0.4, 0.5) is 11.4 Å². The third-order valence-corrected chi connectivity index (χ3v) is 3.20. The molecule has 0 amide bonds. The molecule has 0 saturated carbocycles. The molecule has 1 unspecified atom stereocenters. The molecule has 0 aromatic heterocycles. The Labute approximate surface area is 104 Å². The molecule has 1 N–H and O–H groups in total. The van der Waals surface area contributed by atoms with Gasteiger partial charge < -0.3 is 10.0 Å². The Hall–Kier alpha value is -2.13. The van der Waals surface area contributed by atoms with Crippen LogP contribution in [0.2, 0.25) is 0 Å². The van der Waals surface area contributed by atoms with Crippen LogP contribution in [-0.2, 0) is 0 Å². The van der Waals surface area contributed by atoms with Gasteiger partial charge in [-0.15, -0.1) is 0 Å². The largest absolute Gasteiger partial charge is 0.394 e. The lowest BCUT2D eigenvalue weighted by Crippen LogP contribution is -2.32. The highest BCUT2D eigenvalue weighted by Crippen LogP contribution is 2.34. The fraction of sp³-hybridized carbons (Fsp3) is 0.417. The fourth-order valence-electron chi connectivity index (χ4n) is 2.32. The quantitative estimate of drug-likeness (QED) is 0.644. The van der Waals surface area contributed by atoms with E-state index in [4.69, 9.17) is 5.26 Å². The molecule has 1 saturated heterocycles. The Kier molecular flexibility index (Phi) is 3.44. The number of hydrogen-bond acceptors (Lipinski definition) is 5. The summed E-state index contributed by atoms with van der Waals surface area (Å²) in [5.41, 5.74) is 0.795. The van der Waals surface area contributed by atoms with Crippen LogP contribution in [0.5, 0.6) is 0 Å². The Morgan fingerprint density at radius 2 is 2.39 bits per heavy atom. The van der Waals surface area contributed by atoms with Crippen LogP contribution in [0, 0.1) is 21.4 Å². The number of nitro groups is 1. The number of aliphatic hydroxyl groups excluding tert-OH is 1. The number of nitriles is 1. The van der Waals surface area contributed by atoms with Gasteiger partial charge in [-0.25, -0.2) is 0 Å². The van der Waals surface area contributed by atoms with Crippen LogP contribution in [0.15, 0.2) is 18.2 Å². The molecule has 1 fully saturated rings. The van der Waals surface area contributed by atoms with E-state index in [1.165, 1.54) is 18.2 Å². The van der Waals surface area contributed by atoms with E-state index in [1.54, 1.807) is 0 Å². The molecule has 6 nitrogen and oxygen atoms in total. The standard InChI is InChI=1S/C12H13N3O3/c13-7-9-3-4-11(15(17)18)12(6-9)14-5-1-2-10(14)8-16/h3-4,6,10,16H,1-2,5,8H2. The van der Waals surface area contributed by atoms with E-state index < -0.39 is 4.92 Å². The minimum atomic E-state index is -0.455. The van der Waals surface area contributed by atoms with Crippen molar-refractivity contribution in [1.82, 2.24) is 0 Å². The highest BCUT2D eigenvalue weighted by molar-refractivity contribution is 5.67. The second-order valence-corrected chi connectivity index (χ2v) is 4.24. The first kappa shape index (κ1) is 12.3. The van der Waals surface area contributed by atoms with Gasteiger partial charge in [0.25, 0.3) is 5.69 Å². The lowest BCUT2D eigenvalue weighted by molar-refractivity contribution is -0.384. The molecule has 1 atom stereocenters. The highest BCUT2D eigenvalue weighted by Gasteiger charge is 2.29. The summed E-state index contributed by atoms with van der Waals surface area (Å²) in [4.78, 5) is 12.4. The minimum absolute atomic E-state index is 0.0191. The number of hydrogen-bond donors (Lipinski definition) is 1. The van der Waals surface area contributed by atoms with Crippen molar-refractivity contribution in [3.05, 3.63) is 33.9 Å². The minimum Gasteiger partial charge on any atom is -0.394 e. The zero-order valence-corrected chi connectivity index (χ0v) is 9.74. The molecule has 1 aromatic carbocycles. The smallest absolute Gasteiger partial charge is 0.292 e. The molecule has 0 bridgehead atoms. The molecule has 6 heteroatoms. The van der Waals surface area contributed by atoms with E-state index in [9.17, 15) is 15.2 Å². The van der Waals surface area contributed by atoms with E-state index in [2.05, 4.69) is 0 Å². The maximum absolute atomic E-state index is 11.0. The maximum atomic E-state index is 11.0. The summed E-state index contributed by atoms with van der Waals surface area (Å²) in [6, 6.07) is 6.18. The molecular formula is C12H13N3O3. The van der Waals surface area contributed by atoms with E-state index in [-0.39, 0.29) is 18.3 Å². The number of nitrogens with zero attached hydrogens (tertiary/aromatic N) is 3. The zero-order chi connectivity index (χ0) is 13.1. The lowest BCUT2D eigenvalue weighted by atomic mass is 10.1. The van der Waals surface area contributed by atoms with Gasteiger partial charge in [-0.2, -0.15) is 5.26 Å². The van der Waals surface area contributed by atoms with Crippen molar-refractivity contribution in [2.75, 3.05) is 18.1 Å². The first-order chi connectivity index (χ1) is 8.67. The summed E-state index contributed by atoms with van der Waals surface area (Å²) in [6.07, 6.45) is 1.70. The average molecular weight is 247 g/mol. The van der Waals surface area contributed by atoms with Gasteiger partial charge in [0.1, 0.15) is 5.69 Å². The number of benzene rings is 1. The van der Waals surface area contributed by atoms with Gasteiger partial charge in [0.2, 0.25) is 0 Å². The summed E-state index contributed by atoms with van der Waals surface area (Å²) >= 11 is 0. The van der Waals surface area contributed by atoms with Crippen LogP contribution in [0.3, 0.4) is 0 Å². The fourth-order valence-corrected chi connectivity index (χ4v) is 2.32. The lowest BCUT2D eigenvalue weighted by Gasteiger charge is -2.24. The number of aliphatic hydroxyl groups is 1. The van der Waals surface area contributed by atoms with Gasteiger partial charge >= 0.3 is 0 Å². The predicted molar refractivity (Wildman–Crippen MR) is 65.3 cm³/mol. The number of anilines is 1. The molecule has 94 valence electrons. The molecule has 0 aliphatic carbocycles. The highest BCUT2D eigenvalue weighted by atomic mass is 16.6. The normalized spacial score (nSPS) is 18.7. The number of nitro benzene ring substituents is 1. The van der Waals surface area contributed by atoms with E-state index in [0.29, 0.717) is 17.8 Å². The van der Waals surface area contributed by atoms with Crippen molar-refractivity contribution >= 4 is 11.4 Å². The predicted octanol–water partition coefficient (Wildman–Crippen LogP) is 1.43. The Morgan fingerprint density at radius 1 is 1.61 bits per heavy atom. The van der Waals surface area contributed by atoms with Crippen molar-refractivity contribution < 1.29 is 10.0 Å². The summed E-state index contributed by atoms with van der Waals surface area (Å²) in [5, 5.41) is 29.2. The first-order valence-electron chi connectivity index (χ1n) is 5.73. The molecule has 1 aliphatic rings. The van der Waals surface area contributed by atoms with E-state index in [0.717, 1.165) is 12.8 Å². The van der Waals surface area contributed by atoms with Gasteiger partial charge in [0.15, 0.2) is 0 Å². The van der Waals surface area contributed by atoms with Crippen LogP contribution < -0.4 is 4.90 Å². The Morgan fingerprint density at radius 3 is 3.00 bits per heavy atom. The summed E-state index contributed by atoms with van der Waals surface area (Å²) in [6.45, 7) is 0.634. The maximum Gasteiger partial charge on any atom is 0.292 e. The second-order valence-electron chi connectivity index (χ2n) is 4.24. The molecular weight excluding hydrogens is 234 g/mol. The Balaban J connectivity index is 2.47. The van der Waals surface area contributed by atoms with Gasteiger partial charge in [0.05, 0.1) is 29.2 Å². The SMILES string of the molecule is N#Cc1ccc([N+](=O)[O-])c(N2CCCC2CO)c1. The van der Waals surface area contributed by atoms with Crippen molar-refractivity contribution in [1.29, 1.82) is 5.26 Å². The summed E-state index contributed by atoms with van der Waals surface area (Å²) < 4.78 is 0. The Bertz CT molecular complexity index is 510. The van der Waals surface area contributed by atoms with Gasteiger partial charge in [-0.1, -0.05) is 0 Å². The van der Waals surface area contributed by atoms with Crippen molar-refractivity contribution in [3.63, 3.8) is 0 Å². The molecule has 1 heterocycles. The zero-order valence-electron chi connectivity index (χ0n) is 9.74. The third-order valence-electron chi connectivity index (χ3n) is 3.20. The monoisotopic (exact) mass is 247 g/mol.